The van der Waals surface area contributed by atoms with E-state index in [1.54, 1.807) is 18.2 Å². The van der Waals surface area contributed by atoms with E-state index in [4.69, 9.17) is 27.9 Å². The van der Waals surface area contributed by atoms with Crippen molar-refractivity contribution in [3.05, 3.63) is 28.2 Å². The molecule has 7 nitrogen and oxygen atoms in total. The van der Waals surface area contributed by atoms with Crippen molar-refractivity contribution < 1.29 is 9.53 Å². The van der Waals surface area contributed by atoms with Crippen molar-refractivity contribution in [1.29, 1.82) is 0 Å². The molecule has 1 saturated heterocycles. The van der Waals surface area contributed by atoms with Crippen molar-refractivity contribution in [2.75, 3.05) is 42.3 Å². The van der Waals surface area contributed by atoms with Crippen LogP contribution in [0.2, 0.25) is 10.0 Å². The first kappa shape index (κ1) is 19.3. The van der Waals surface area contributed by atoms with Crippen LogP contribution in [0, 0.1) is 0 Å². The lowest BCUT2D eigenvalue weighted by atomic mass is 10.3. The van der Waals surface area contributed by atoms with Crippen LogP contribution in [0.5, 0.6) is 0 Å². The highest BCUT2D eigenvalue weighted by Gasteiger charge is 2.20. The van der Waals surface area contributed by atoms with E-state index in [0.29, 0.717) is 34.1 Å². The highest BCUT2D eigenvalue weighted by molar-refractivity contribution is 7.99. The van der Waals surface area contributed by atoms with Gasteiger partial charge in [0.25, 0.3) is 0 Å². The minimum atomic E-state index is -0.183. The van der Waals surface area contributed by atoms with Gasteiger partial charge in [0.2, 0.25) is 11.9 Å². The van der Waals surface area contributed by atoms with Gasteiger partial charge in [-0.05, 0) is 25.1 Å². The lowest BCUT2D eigenvalue weighted by Crippen LogP contribution is -2.38. The van der Waals surface area contributed by atoms with Gasteiger partial charge in [0.1, 0.15) is 0 Å². The molecule has 1 aliphatic heterocycles. The number of amides is 1. The number of rotatable bonds is 6. The summed E-state index contributed by atoms with van der Waals surface area (Å²) >= 11 is 13.3. The van der Waals surface area contributed by atoms with Crippen molar-refractivity contribution in [1.82, 2.24) is 14.8 Å². The third-order valence-electron chi connectivity index (χ3n) is 3.84. The minimum Gasteiger partial charge on any atom is -0.378 e. The van der Waals surface area contributed by atoms with Gasteiger partial charge in [0.15, 0.2) is 5.16 Å². The Balaban J connectivity index is 1.63. The van der Waals surface area contributed by atoms with Gasteiger partial charge in [-0.25, -0.2) is 0 Å². The molecule has 10 heteroatoms. The van der Waals surface area contributed by atoms with Gasteiger partial charge in [-0.3, -0.25) is 9.36 Å². The summed E-state index contributed by atoms with van der Waals surface area (Å²) in [6, 6.07) is 4.94. The minimum absolute atomic E-state index is 0.183. The molecule has 3 rings (SSSR count). The Hall–Kier alpha value is -1.48. The van der Waals surface area contributed by atoms with Crippen LogP contribution in [0.3, 0.4) is 0 Å². The number of halogens is 2. The van der Waals surface area contributed by atoms with Crippen LogP contribution in [0.15, 0.2) is 23.4 Å². The Labute approximate surface area is 166 Å². The maximum Gasteiger partial charge on any atom is 0.234 e. The maximum atomic E-state index is 12.2. The molecular weight excluding hydrogens is 397 g/mol. The van der Waals surface area contributed by atoms with E-state index in [1.807, 2.05) is 11.5 Å². The normalized spacial score (nSPS) is 14.5. The molecule has 1 fully saturated rings. The van der Waals surface area contributed by atoms with Gasteiger partial charge < -0.3 is 15.0 Å². The van der Waals surface area contributed by atoms with E-state index >= 15 is 0 Å². The lowest BCUT2D eigenvalue weighted by Gasteiger charge is -2.27. The second-order valence-electron chi connectivity index (χ2n) is 5.59. The molecule has 0 saturated carbocycles. The lowest BCUT2D eigenvalue weighted by molar-refractivity contribution is -0.113. The third-order valence-corrected chi connectivity index (χ3v) is 5.37. The number of morpholine rings is 1. The van der Waals surface area contributed by atoms with Gasteiger partial charge in [-0.2, -0.15) is 0 Å². The van der Waals surface area contributed by atoms with Crippen LogP contribution in [-0.4, -0.2) is 52.7 Å². The Morgan fingerprint density at radius 2 is 2.08 bits per heavy atom. The van der Waals surface area contributed by atoms with Crippen LogP contribution < -0.4 is 10.2 Å². The summed E-state index contributed by atoms with van der Waals surface area (Å²) in [4.78, 5) is 14.4. The van der Waals surface area contributed by atoms with Crippen LogP contribution >= 0.6 is 35.0 Å². The smallest absolute Gasteiger partial charge is 0.234 e. The van der Waals surface area contributed by atoms with Crippen molar-refractivity contribution in [3.63, 3.8) is 0 Å². The first-order valence-electron chi connectivity index (χ1n) is 8.22. The number of ether oxygens (including phenoxy) is 1. The van der Waals surface area contributed by atoms with E-state index in [2.05, 4.69) is 20.4 Å². The second-order valence-corrected chi connectivity index (χ2v) is 7.37. The Morgan fingerprint density at radius 3 is 2.81 bits per heavy atom. The summed E-state index contributed by atoms with van der Waals surface area (Å²) < 4.78 is 7.39. The number of carbonyl (C=O) groups excluding carboxylic acids is 1. The summed E-state index contributed by atoms with van der Waals surface area (Å²) in [5.41, 5.74) is 0.496. The van der Waals surface area contributed by atoms with Gasteiger partial charge >= 0.3 is 0 Å². The average Bonchev–Trinajstić information content (AvgIpc) is 3.06. The molecule has 0 unspecified atom stereocenters. The zero-order chi connectivity index (χ0) is 18.5. The van der Waals surface area contributed by atoms with Crippen molar-refractivity contribution in [2.45, 2.75) is 18.6 Å². The molecule has 1 aromatic carbocycles. The van der Waals surface area contributed by atoms with Crippen LogP contribution in [0.1, 0.15) is 6.92 Å². The van der Waals surface area contributed by atoms with Crippen LogP contribution in [0.25, 0.3) is 0 Å². The predicted octanol–water partition coefficient (Wildman–Crippen LogP) is 3.17. The SMILES string of the molecule is CCn1c(SCC(=O)Nc2cc(Cl)ccc2Cl)nnc1N1CCOCC1. The molecular formula is C16H19Cl2N5O2S. The topological polar surface area (TPSA) is 72.3 Å². The summed E-state index contributed by atoms with van der Waals surface area (Å²) in [6.07, 6.45) is 0. The van der Waals surface area contributed by atoms with E-state index < -0.39 is 0 Å². The number of hydrogen-bond acceptors (Lipinski definition) is 6. The summed E-state index contributed by atoms with van der Waals surface area (Å²) in [7, 11) is 0. The molecule has 0 radical (unpaired) electrons. The second kappa shape index (κ2) is 8.94. The molecule has 1 aromatic heterocycles. The Bertz CT molecular complexity index is 780. The molecule has 0 bridgehead atoms. The molecule has 0 spiro atoms. The van der Waals surface area contributed by atoms with Crippen molar-refractivity contribution in [2.24, 2.45) is 0 Å². The molecule has 1 aliphatic rings. The van der Waals surface area contributed by atoms with Crippen molar-refractivity contribution in [3.8, 4) is 0 Å². The fourth-order valence-electron chi connectivity index (χ4n) is 2.57. The first-order valence-corrected chi connectivity index (χ1v) is 9.96. The molecule has 0 atom stereocenters. The monoisotopic (exact) mass is 415 g/mol. The zero-order valence-electron chi connectivity index (χ0n) is 14.2. The number of hydrogen-bond donors (Lipinski definition) is 1. The Morgan fingerprint density at radius 1 is 1.31 bits per heavy atom. The summed E-state index contributed by atoms with van der Waals surface area (Å²) in [5.74, 6) is 0.832. The van der Waals surface area contributed by atoms with Gasteiger partial charge in [0, 0.05) is 24.7 Å². The number of anilines is 2. The Kier molecular flexibility index (Phi) is 6.63. The van der Waals surface area contributed by atoms with Crippen LogP contribution in [0.4, 0.5) is 11.6 Å². The quantitative estimate of drug-likeness (QED) is 0.730. The number of thioether (sulfide) groups is 1. The fraction of sp³-hybridized carbons (Fsp3) is 0.438. The van der Waals surface area contributed by atoms with Gasteiger partial charge in [0.05, 0.1) is 29.7 Å². The average molecular weight is 416 g/mol. The number of nitrogens with one attached hydrogen (secondary N) is 1. The predicted molar refractivity (Wildman–Crippen MR) is 105 cm³/mol. The number of carbonyl (C=O) groups is 1. The highest BCUT2D eigenvalue weighted by atomic mass is 35.5. The summed E-state index contributed by atoms with van der Waals surface area (Å²) in [6.45, 7) is 5.70. The first-order chi connectivity index (χ1) is 12.6. The molecule has 2 heterocycles. The van der Waals surface area contributed by atoms with E-state index in [0.717, 1.165) is 25.6 Å². The highest BCUT2D eigenvalue weighted by Crippen LogP contribution is 2.26. The van der Waals surface area contributed by atoms with E-state index in [1.165, 1.54) is 11.8 Å². The number of nitrogens with zero attached hydrogens (tertiary/aromatic N) is 4. The van der Waals surface area contributed by atoms with Gasteiger partial charge in [-0.1, -0.05) is 35.0 Å². The van der Waals surface area contributed by atoms with Gasteiger partial charge in [-0.15, -0.1) is 10.2 Å². The zero-order valence-corrected chi connectivity index (χ0v) is 16.6. The standard InChI is InChI=1S/C16H19Cl2N5O2S/c1-2-23-15(22-5-7-25-8-6-22)20-21-16(23)26-10-14(24)19-13-9-11(17)3-4-12(13)18/h3-4,9H,2,5-8,10H2,1H3,(H,19,24). The fourth-order valence-corrected chi connectivity index (χ4v) is 3.71. The van der Waals surface area contributed by atoms with E-state index in [-0.39, 0.29) is 11.7 Å². The van der Waals surface area contributed by atoms with Crippen LogP contribution in [-0.2, 0) is 16.1 Å². The number of aromatic nitrogens is 3. The maximum absolute atomic E-state index is 12.2. The summed E-state index contributed by atoms with van der Waals surface area (Å²) in [5, 5.41) is 13.0. The molecule has 26 heavy (non-hydrogen) atoms. The molecule has 1 amide bonds. The van der Waals surface area contributed by atoms with E-state index in [9.17, 15) is 4.79 Å². The molecule has 140 valence electrons. The number of benzene rings is 1. The third kappa shape index (κ3) is 4.62. The molecule has 2 aromatic rings. The largest absolute Gasteiger partial charge is 0.378 e. The van der Waals surface area contributed by atoms with Crippen molar-refractivity contribution >= 4 is 52.5 Å². The molecule has 1 N–H and O–H groups in total. The molecule has 0 aliphatic carbocycles.